The van der Waals surface area contributed by atoms with E-state index >= 15 is 0 Å². The molecule has 0 saturated carbocycles. The van der Waals surface area contributed by atoms with Crippen LogP contribution >= 0.6 is 0 Å². The lowest BCUT2D eigenvalue weighted by molar-refractivity contribution is -0.404. The van der Waals surface area contributed by atoms with Gasteiger partial charge in [-0.25, -0.2) is 0 Å². The molecule has 6 nitrogen and oxygen atoms in total. The number of hydrogen-bond acceptors (Lipinski definition) is 5. The first-order chi connectivity index (χ1) is 9.13. The van der Waals surface area contributed by atoms with Crippen LogP contribution in [-0.4, -0.2) is 28.4 Å². The van der Waals surface area contributed by atoms with Crippen LogP contribution in [0.4, 0.5) is 0 Å². The normalized spacial score (nSPS) is 11.2. The van der Waals surface area contributed by atoms with Crippen molar-refractivity contribution in [3.8, 4) is 0 Å². The Hall–Kier alpha value is -2.11. The summed E-state index contributed by atoms with van der Waals surface area (Å²) < 4.78 is 0. The summed E-state index contributed by atoms with van der Waals surface area (Å²) in [6.45, 7) is 3.40. The SMILES string of the molecule is CCCCN(C)C(=C[N+](=O)[O-])NCc1cccnc1. The van der Waals surface area contributed by atoms with Gasteiger partial charge in [0.2, 0.25) is 0 Å². The molecule has 19 heavy (non-hydrogen) atoms. The van der Waals surface area contributed by atoms with Crippen molar-refractivity contribution in [1.29, 1.82) is 0 Å². The first kappa shape index (κ1) is 14.9. The van der Waals surface area contributed by atoms with Crippen molar-refractivity contribution in [1.82, 2.24) is 15.2 Å². The molecule has 0 atom stereocenters. The third-order valence-electron chi connectivity index (χ3n) is 2.68. The second kappa shape index (κ2) is 8.07. The van der Waals surface area contributed by atoms with Crippen molar-refractivity contribution >= 4 is 0 Å². The van der Waals surface area contributed by atoms with Crippen LogP contribution in [0.15, 0.2) is 36.5 Å². The van der Waals surface area contributed by atoms with Crippen molar-refractivity contribution in [2.75, 3.05) is 13.6 Å². The molecule has 1 aromatic heterocycles. The first-order valence-electron chi connectivity index (χ1n) is 6.32. The molecule has 1 heterocycles. The number of pyridine rings is 1. The number of nitro groups is 1. The minimum absolute atomic E-state index is 0.436. The number of aromatic nitrogens is 1. The third kappa shape index (κ3) is 5.85. The van der Waals surface area contributed by atoms with Crippen LogP contribution in [0, 0.1) is 10.1 Å². The second-order valence-corrected chi connectivity index (χ2v) is 4.29. The van der Waals surface area contributed by atoms with E-state index in [-0.39, 0.29) is 0 Å². The minimum atomic E-state index is -0.436. The van der Waals surface area contributed by atoms with Gasteiger partial charge in [0.25, 0.3) is 6.20 Å². The summed E-state index contributed by atoms with van der Waals surface area (Å²) >= 11 is 0. The first-order valence-corrected chi connectivity index (χ1v) is 6.32. The maximum Gasteiger partial charge on any atom is 0.274 e. The Kier molecular flexibility index (Phi) is 6.35. The summed E-state index contributed by atoms with van der Waals surface area (Å²) in [6.07, 6.45) is 6.50. The highest BCUT2D eigenvalue weighted by atomic mass is 16.6. The Morgan fingerprint density at radius 2 is 2.42 bits per heavy atom. The highest BCUT2D eigenvalue weighted by Gasteiger charge is 2.08. The Bertz CT molecular complexity index is 420. The molecule has 0 fully saturated rings. The van der Waals surface area contributed by atoms with Crippen molar-refractivity contribution in [2.45, 2.75) is 26.3 Å². The molecule has 6 heteroatoms. The largest absolute Gasteiger partial charge is 0.362 e. The fraction of sp³-hybridized carbons (Fsp3) is 0.462. The fourth-order valence-corrected chi connectivity index (χ4v) is 1.59. The molecular formula is C13H20N4O2. The van der Waals surface area contributed by atoms with E-state index in [1.165, 1.54) is 0 Å². The zero-order valence-electron chi connectivity index (χ0n) is 11.4. The van der Waals surface area contributed by atoms with Crippen molar-refractivity contribution in [3.05, 3.63) is 52.2 Å². The van der Waals surface area contributed by atoms with Crippen LogP contribution < -0.4 is 5.32 Å². The average molecular weight is 264 g/mol. The molecule has 104 valence electrons. The summed E-state index contributed by atoms with van der Waals surface area (Å²) in [6, 6.07) is 3.77. The summed E-state index contributed by atoms with van der Waals surface area (Å²) in [5.41, 5.74) is 0.987. The predicted octanol–water partition coefficient (Wildman–Crippen LogP) is 1.98. The molecule has 0 amide bonds. The lowest BCUT2D eigenvalue weighted by atomic mass is 10.3. The van der Waals surface area contributed by atoms with E-state index in [9.17, 15) is 10.1 Å². The maximum absolute atomic E-state index is 10.6. The molecule has 0 aromatic carbocycles. The van der Waals surface area contributed by atoms with Crippen molar-refractivity contribution < 1.29 is 4.92 Å². The van der Waals surface area contributed by atoms with Gasteiger partial charge in [0, 0.05) is 32.5 Å². The average Bonchev–Trinajstić information content (AvgIpc) is 2.41. The second-order valence-electron chi connectivity index (χ2n) is 4.29. The molecule has 1 aromatic rings. The smallest absolute Gasteiger partial charge is 0.274 e. The summed E-state index contributed by atoms with van der Waals surface area (Å²) in [5.74, 6) is 0.516. The van der Waals surface area contributed by atoms with E-state index in [4.69, 9.17) is 0 Å². The third-order valence-corrected chi connectivity index (χ3v) is 2.68. The highest BCUT2D eigenvalue weighted by molar-refractivity contribution is 5.09. The topological polar surface area (TPSA) is 71.3 Å². The lowest BCUT2D eigenvalue weighted by Crippen LogP contribution is -2.30. The van der Waals surface area contributed by atoms with Gasteiger partial charge in [-0.15, -0.1) is 0 Å². The molecular weight excluding hydrogens is 244 g/mol. The standard InChI is InChI=1S/C13H20N4O2/c1-3-4-8-16(2)13(11-17(18)19)15-10-12-6-5-7-14-9-12/h5-7,9,11,15H,3-4,8,10H2,1-2H3. The van der Waals surface area contributed by atoms with Crippen LogP contribution in [-0.2, 0) is 6.54 Å². The molecule has 0 aliphatic rings. The number of unbranched alkanes of at least 4 members (excludes halogenated alkanes) is 1. The number of hydrogen-bond donors (Lipinski definition) is 1. The monoisotopic (exact) mass is 264 g/mol. The van der Waals surface area contributed by atoms with E-state index in [2.05, 4.69) is 17.2 Å². The fourth-order valence-electron chi connectivity index (χ4n) is 1.59. The van der Waals surface area contributed by atoms with Gasteiger partial charge in [0.05, 0.1) is 4.92 Å². The van der Waals surface area contributed by atoms with Crippen molar-refractivity contribution in [3.63, 3.8) is 0 Å². The van der Waals surface area contributed by atoms with Gasteiger partial charge in [-0.05, 0) is 18.1 Å². The van der Waals surface area contributed by atoms with Gasteiger partial charge in [-0.2, -0.15) is 0 Å². The number of nitrogens with zero attached hydrogens (tertiary/aromatic N) is 3. The molecule has 1 rings (SSSR count). The summed E-state index contributed by atoms with van der Waals surface area (Å²) in [5, 5.41) is 13.7. The van der Waals surface area contributed by atoms with Gasteiger partial charge in [0.1, 0.15) is 0 Å². The van der Waals surface area contributed by atoms with Gasteiger partial charge in [0.15, 0.2) is 5.82 Å². The highest BCUT2D eigenvalue weighted by Crippen LogP contribution is 2.03. The Balaban J connectivity index is 2.62. The summed E-state index contributed by atoms with van der Waals surface area (Å²) in [7, 11) is 1.85. The molecule has 1 N–H and O–H groups in total. The van der Waals surface area contributed by atoms with Crippen LogP contribution in [0.2, 0.25) is 0 Å². The minimum Gasteiger partial charge on any atom is -0.362 e. The molecule has 0 bridgehead atoms. The van der Waals surface area contributed by atoms with Crippen LogP contribution in [0.1, 0.15) is 25.3 Å². The molecule has 0 radical (unpaired) electrons. The Morgan fingerprint density at radius 1 is 1.63 bits per heavy atom. The Morgan fingerprint density at radius 3 is 3.00 bits per heavy atom. The van der Waals surface area contributed by atoms with Crippen LogP contribution in [0.25, 0.3) is 0 Å². The van der Waals surface area contributed by atoms with Crippen molar-refractivity contribution in [2.24, 2.45) is 0 Å². The molecule has 0 aliphatic carbocycles. The zero-order valence-corrected chi connectivity index (χ0v) is 11.4. The molecule has 0 saturated heterocycles. The Labute approximate surface area is 113 Å². The maximum atomic E-state index is 10.6. The zero-order chi connectivity index (χ0) is 14.1. The van der Waals surface area contributed by atoms with E-state index in [1.54, 1.807) is 12.4 Å². The number of rotatable bonds is 8. The van der Waals surface area contributed by atoms with Gasteiger partial charge >= 0.3 is 0 Å². The van der Waals surface area contributed by atoms with Gasteiger partial charge < -0.3 is 10.2 Å². The molecule has 0 unspecified atom stereocenters. The predicted molar refractivity (Wildman–Crippen MR) is 73.7 cm³/mol. The quantitative estimate of drug-likeness (QED) is 0.574. The van der Waals surface area contributed by atoms with Crippen LogP contribution in [0.5, 0.6) is 0 Å². The lowest BCUT2D eigenvalue weighted by Gasteiger charge is -2.21. The molecule has 0 aliphatic heterocycles. The van der Waals surface area contributed by atoms with E-state index < -0.39 is 4.92 Å². The summed E-state index contributed by atoms with van der Waals surface area (Å²) in [4.78, 5) is 16.1. The van der Waals surface area contributed by atoms with E-state index in [0.717, 1.165) is 31.1 Å². The molecule has 0 spiro atoms. The van der Waals surface area contributed by atoms with E-state index in [0.29, 0.717) is 12.4 Å². The number of nitrogens with one attached hydrogen (secondary N) is 1. The van der Waals surface area contributed by atoms with Crippen LogP contribution in [0.3, 0.4) is 0 Å². The van der Waals surface area contributed by atoms with E-state index in [1.807, 2.05) is 24.1 Å². The van der Waals surface area contributed by atoms with Gasteiger partial charge in [-0.1, -0.05) is 19.4 Å². The van der Waals surface area contributed by atoms with Gasteiger partial charge in [-0.3, -0.25) is 15.1 Å².